The molecule has 1 aromatic carbocycles. The standard InChI is InChI=1S/C14H21N3O3S/c1-9-6-7-10(8-20-5)11(15-13(21)16(2)3)12(9)17(4)14(18)19/h6-7H,8H2,1-5H3,(H,15,21)(H,18,19). The van der Waals surface area contributed by atoms with Crippen LogP contribution in [0.3, 0.4) is 0 Å². The molecule has 1 aromatic rings. The minimum atomic E-state index is -1.04. The van der Waals surface area contributed by atoms with Crippen LogP contribution in [0.4, 0.5) is 16.2 Å². The molecule has 0 radical (unpaired) electrons. The van der Waals surface area contributed by atoms with E-state index in [0.717, 1.165) is 11.1 Å². The fourth-order valence-corrected chi connectivity index (χ4v) is 2.00. The van der Waals surface area contributed by atoms with Crippen LogP contribution in [0.15, 0.2) is 12.1 Å². The van der Waals surface area contributed by atoms with Gasteiger partial charge in [0.1, 0.15) is 0 Å². The van der Waals surface area contributed by atoms with Gasteiger partial charge in [-0.05, 0) is 24.7 Å². The minimum Gasteiger partial charge on any atom is -0.465 e. The average molecular weight is 311 g/mol. The summed E-state index contributed by atoms with van der Waals surface area (Å²) < 4.78 is 5.18. The summed E-state index contributed by atoms with van der Waals surface area (Å²) in [6.45, 7) is 2.22. The van der Waals surface area contributed by atoms with Crippen molar-refractivity contribution in [3.8, 4) is 0 Å². The number of carboxylic acid groups (broad SMARTS) is 1. The Hall–Kier alpha value is -1.86. The second-order valence-electron chi connectivity index (χ2n) is 4.86. The van der Waals surface area contributed by atoms with E-state index in [0.29, 0.717) is 23.1 Å². The lowest BCUT2D eigenvalue weighted by atomic mass is 10.1. The number of benzene rings is 1. The predicted molar refractivity (Wildman–Crippen MR) is 88.2 cm³/mol. The highest BCUT2D eigenvalue weighted by molar-refractivity contribution is 7.80. The van der Waals surface area contributed by atoms with Crippen LogP contribution in [0.2, 0.25) is 0 Å². The number of anilines is 2. The molecule has 0 unspecified atom stereocenters. The van der Waals surface area contributed by atoms with Gasteiger partial charge in [-0.15, -0.1) is 0 Å². The molecule has 0 fully saturated rings. The number of nitrogens with zero attached hydrogens (tertiary/aromatic N) is 2. The molecule has 0 bridgehead atoms. The number of nitrogens with one attached hydrogen (secondary N) is 1. The zero-order chi connectivity index (χ0) is 16.2. The van der Waals surface area contributed by atoms with Gasteiger partial charge < -0.3 is 20.1 Å². The molecule has 0 aliphatic rings. The molecule has 0 aromatic heterocycles. The molecule has 1 rings (SSSR count). The highest BCUT2D eigenvalue weighted by atomic mass is 32.1. The van der Waals surface area contributed by atoms with Crippen molar-refractivity contribution in [2.75, 3.05) is 38.5 Å². The van der Waals surface area contributed by atoms with Gasteiger partial charge in [0.25, 0.3) is 0 Å². The monoisotopic (exact) mass is 311 g/mol. The molecule has 0 spiro atoms. The maximum Gasteiger partial charge on any atom is 0.411 e. The number of thiocarbonyl (C=S) groups is 1. The Morgan fingerprint density at radius 2 is 2.00 bits per heavy atom. The van der Waals surface area contributed by atoms with Crippen molar-refractivity contribution >= 4 is 34.8 Å². The smallest absolute Gasteiger partial charge is 0.411 e. The van der Waals surface area contributed by atoms with E-state index in [1.165, 1.54) is 11.9 Å². The van der Waals surface area contributed by atoms with Crippen LogP contribution in [-0.2, 0) is 11.3 Å². The van der Waals surface area contributed by atoms with Crippen molar-refractivity contribution < 1.29 is 14.6 Å². The van der Waals surface area contributed by atoms with Gasteiger partial charge in [0.05, 0.1) is 18.0 Å². The molecule has 0 atom stereocenters. The first-order valence-electron chi connectivity index (χ1n) is 6.36. The van der Waals surface area contributed by atoms with Crippen LogP contribution < -0.4 is 10.2 Å². The number of ether oxygens (including phenoxy) is 1. The highest BCUT2D eigenvalue weighted by Crippen LogP contribution is 2.33. The first kappa shape index (κ1) is 17.2. The summed E-state index contributed by atoms with van der Waals surface area (Å²) in [5.41, 5.74) is 2.90. The molecule has 21 heavy (non-hydrogen) atoms. The summed E-state index contributed by atoms with van der Waals surface area (Å²) in [6.07, 6.45) is -1.04. The first-order chi connectivity index (χ1) is 9.79. The number of aryl methyl sites for hydroxylation is 1. The Morgan fingerprint density at radius 3 is 2.48 bits per heavy atom. The van der Waals surface area contributed by atoms with Crippen molar-refractivity contribution in [2.24, 2.45) is 0 Å². The third kappa shape index (κ3) is 4.05. The summed E-state index contributed by atoms with van der Waals surface area (Å²) >= 11 is 5.27. The van der Waals surface area contributed by atoms with Gasteiger partial charge >= 0.3 is 6.09 Å². The van der Waals surface area contributed by atoms with Gasteiger partial charge in [-0.3, -0.25) is 4.90 Å². The van der Waals surface area contributed by atoms with E-state index < -0.39 is 6.09 Å². The SMILES string of the molecule is COCc1ccc(C)c(N(C)C(=O)O)c1NC(=S)N(C)C. The molecule has 0 aliphatic carbocycles. The van der Waals surface area contributed by atoms with Crippen LogP contribution in [0.1, 0.15) is 11.1 Å². The molecule has 116 valence electrons. The predicted octanol–water partition coefficient (Wildman–Crippen LogP) is 2.51. The Balaban J connectivity index is 3.41. The van der Waals surface area contributed by atoms with E-state index in [2.05, 4.69) is 5.32 Å². The van der Waals surface area contributed by atoms with Crippen molar-refractivity contribution in [3.05, 3.63) is 23.3 Å². The van der Waals surface area contributed by atoms with E-state index in [1.54, 1.807) is 12.0 Å². The molecular weight excluding hydrogens is 290 g/mol. The zero-order valence-corrected chi connectivity index (χ0v) is 13.7. The zero-order valence-electron chi connectivity index (χ0n) is 12.9. The van der Waals surface area contributed by atoms with E-state index in [4.69, 9.17) is 17.0 Å². The maximum atomic E-state index is 11.3. The molecule has 0 heterocycles. The summed E-state index contributed by atoms with van der Waals surface area (Å²) in [4.78, 5) is 14.2. The first-order valence-corrected chi connectivity index (χ1v) is 6.76. The number of carbonyl (C=O) groups is 1. The number of amides is 1. The molecule has 2 N–H and O–H groups in total. The van der Waals surface area contributed by atoms with E-state index >= 15 is 0 Å². The quantitative estimate of drug-likeness (QED) is 0.833. The van der Waals surface area contributed by atoms with Gasteiger partial charge in [0.2, 0.25) is 0 Å². The van der Waals surface area contributed by atoms with Crippen molar-refractivity contribution in [2.45, 2.75) is 13.5 Å². The number of hydrogen-bond acceptors (Lipinski definition) is 3. The lowest BCUT2D eigenvalue weighted by molar-refractivity contribution is 0.185. The molecule has 0 saturated carbocycles. The molecular formula is C14H21N3O3S. The van der Waals surface area contributed by atoms with Gasteiger partial charge in [-0.1, -0.05) is 12.1 Å². The molecule has 0 saturated heterocycles. The Bertz CT molecular complexity index is 547. The van der Waals surface area contributed by atoms with Gasteiger partial charge in [0, 0.05) is 33.8 Å². The van der Waals surface area contributed by atoms with Gasteiger partial charge in [-0.25, -0.2) is 4.79 Å². The van der Waals surface area contributed by atoms with Crippen LogP contribution in [0.5, 0.6) is 0 Å². The van der Waals surface area contributed by atoms with Crippen LogP contribution in [0.25, 0.3) is 0 Å². The number of methoxy groups -OCH3 is 1. The normalized spacial score (nSPS) is 10.1. The lowest BCUT2D eigenvalue weighted by Crippen LogP contribution is -2.31. The molecule has 7 heteroatoms. The topological polar surface area (TPSA) is 65.0 Å². The molecule has 1 amide bonds. The van der Waals surface area contributed by atoms with Crippen LogP contribution >= 0.6 is 12.2 Å². The van der Waals surface area contributed by atoms with E-state index in [-0.39, 0.29) is 0 Å². The fourth-order valence-electron chi connectivity index (χ4n) is 1.90. The summed E-state index contributed by atoms with van der Waals surface area (Å²) in [5, 5.41) is 12.9. The average Bonchev–Trinajstić information content (AvgIpc) is 2.41. The molecule has 6 nitrogen and oxygen atoms in total. The largest absolute Gasteiger partial charge is 0.465 e. The Morgan fingerprint density at radius 1 is 1.38 bits per heavy atom. The fraction of sp³-hybridized carbons (Fsp3) is 0.429. The van der Waals surface area contributed by atoms with E-state index in [1.807, 2.05) is 33.2 Å². The summed E-state index contributed by atoms with van der Waals surface area (Å²) in [7, 11) is 6.74. The highest BCUT2D eigenvalue weighted by Gasteiger charge is 2.20. The summed E-state index contributed by atoms with van der Waals surface area (Å²) in [5.74, 6) is 0. The lowest BCUT2D eigenvalue weighted by Gasteiger charge is -2.25. The summed E-state index contributed by atoms with van der Waals surface area (Å²) in [6, 6.07) is 3.77. The third-order valence-corrected chi connectivity index (χ3v) is 3.49. The second kappa shape index (κ2) is 7.24. The van der Waals surface area contributed by atoms with Crippen LogP contribution in [0, 0.1) is 6.92 Å². The Labute approximate surface area is 130 Å². The van der Waals surface area contributed by atoms with Crippen molar-refractivity contribution in [3.63, 3.8) is 0 Å². The van der Waals surface area contributed by atoms with Gasteiger partial charge in [0.15, 0.2) is 5.11 Å². The van der Waals surface area contributed by atoms with Crippen LogP contribution in [-0.4, -0.2) is 49.5 Å². The maximum absolute atomic E-state index is 11.3. The van der Waals surface area contributed by atoms with Crippen molar-refractivity contribution in [1.82, 2.24) is 4.90 Å². The van der Waals surface area contributed by atoms with Crippen molar-refractivity contribution in [1.29, 1.82) is 0 Å². The molecule has 0 aliphatic heterocycles. The number of hydrogen-bond donors (Lipinski definition) is 2. The van der Waals surface area contributed by atoms with Gasteiger partial charge in [-0.2, -0.15) is 0 Å². The second-order valence-corrected chi connectivity index (χ2v) is 5.25. The number of rotatable bonds is 4. The Kier molecular flexibility index (Phi) is 5.92. The minimum absolute atomic E-state index is 0.360. The third-order valence-electron chi connectivity index (χ3n) is 3.03. The van der Waals surface area contributed by atoms with E-state index in [9.17, 15) is 9.90 Å².